The number of nitrogens with zero attached hydrogens (tertiary/aromatic N) is 1. The van der Waals surface area contributed by atoms with Crippen molar-refractivity contribution in [2.75, 3.05) is 25.2 Å². The van der Waals surface area contributed by atoms with Crippen molar-refractivity contribution in [2.24, 2.45) is 0 Å². The zero-order valence-corrected chi connectivity index (χ0v) is 14.2. The number of carbonyl (C=O) groups excluding carboxylic acids is 1. The maximum atomic E-state index is 12.1. The summed E-state index contributed by atoms with van der Waals surface area (Å²) < 4.78 is 22.8. The molecule has 1 aromatic heterocycles. The second kappa shape index (κ2) is 6.09. The van der Waals surface area contributed by atoms with Gasteiger partial charge >= 0.3 is 0 Å². The monoisotopic (exact) mass is 363 g/mol. The minimum atomic E-state index is -3.26. The molecule has 8 heteroatoms. The van der Waals surface area contributed by atoms with Crippen molar-refractivity contribution < 1.29 is 13.2 Å². The first-order valence-corrected chi connectivity index (χ1v) is 8.58. The van der Waals surface area contributed by atoms with Crippen LogP contribution >= 0.6 is 15.9 Å². The molecule has 20 heavy (non-hydrogen) atoms. The van der Waals surface area contributed by atoms with E-state index in [9.17, 15) is 13.2 Å². The van der Waals surface area contributed by atoms with Gasteiger partial charge in [-0.05, 0) is 35.8 Å². The van der Waals surface area contributed by atoms with Gasteiger partial charge in [-0.2, -0.15) is 0 Å². The summed E-state index contributed by atoms with van der Waals surface area (Å²) in [6.45, 7) is 3.17. The maximum Gasteiger partial charge on any atom is 0.255 e. The molecule has 0 atom stereocenters. The highest BCUT2D eigenvalue weighted by Crippen LogP contribution is 2.18. The fraction of sp³-hybridized carbons (Fsp3) is 0.500. The first kappa shape index (κ1) is 16.9. The number of aromatic nitrogens is 1. The molecule has 1 heterocycles. The lowest BCUT2D eigenvalue weighted by Gasteiger charge is -2.23. The molecular weight excluding hydrogens is 346 g/mol. The van der Waals surface area contributed by atoms with Crippen LogP contribution in [0.3, 0.4) is 0 Å². The van der Waals surface area contributed by atoms with Crippen LogP contribution in [-0.2, 0) is 9.84 Å². The van der Waals surface area contributed by atoms with Crippen LogP contribution < -0.4 is 10.6 Å². The van der Waals surface area contributed by atoms with Gasteiger partial charge in [0.1, 0.15) is 5.82 Å². The maximum absolute atomic E-state index is 12.1. The molecule has 6 nitrogen and oxygen atoms in total. The summed E-state index contributed by atoms with van der Waals surface area (Å²) in [5.74, 6) is 0.0581. The van der Waals surface area contributed by atoms with Crippen LogP contribution in [0.2, 0.25) is 0 Å². The van der Waals surface area contributed by atoms with Gasteiger partial charge in [0.2, 0.25) is 0 Å². The van der Waals surface area contributed by atoms with Gasteiger partial charge in [0.25, 0.3) is 5.91 Å². The van der Waals surface area contributed by atoms with E-state index in [1.54, 1.807) is 33.2 Å². The smallest absolute Gasteiger partial charge is 0.255 e. The van der Waals surface area contributed by atoms with Crippen molar-refractivity contribution in [2.45, 2.75) is 18.6 Å². The van der Waals surface area contributed by atoms with E-state index in [0.717, 1.165) is 6.26 Å². The molecule has 2 N–H and O–H groups in total. The van der Waals surface area contributed by atoms with Crippen molar-refractivity contribution in [1.29, 1.82) is 0 Å². The van der Waals surface area contributed by atoms with E-state index in [0.29, 0.717) is 15.9 Å². The third-order valence-electron chi connectivity index (χ3n) is 3.01. The predicted molar refractivity (Wildman–Crippen MR) is 82.7 cm³/mol. The summed E-state index contributed by atoms with van der Waals surface area (Å²) >= 11 is 3.25. The van der Waals surface area contributed by atoms with Gasteiger partial charge in [-0.15, -0.1) is 0 Å². The van der Waals surface area contributed by atoms with Crippen molar-refractivity contribution in [3.05, 3.63) is 22.3 Å². The Balaban J connectivity index is 2.91. The van der Waals surface area contributed by atoms with Gasteiger partial charge in [0.15, 0.2) is 9.84 Å². The normalized spacial score (nSPS) is 12.1. The van der Waals surface area contributed by atoms with Crippen LogP contribution in [0.4, 0.5) is 5.82 Å². The second-order valence-electron chi connectivity index (χ2n) is 5.01. The Bertz CT molecular complexity index is 614. The molecule has 0 radical (unpaired) electrons. The number of hydrogen-bond acceptors (Lipinski definition) is 5. The highest BCUT2D eigenvalue weighted by Gasteiger charge is 2.30. The van der Waals surface area contributed by atoms with Crippen LogP contribution in [-0.4, -0.2) is 43.9 Å². The number of nitrogens with one attached hydrogen (secondary N) is 2. The molecule has 0 aliphatic heterocycles. The largest absolute Gasteiger partial charge is 0.372 e. The topological polar surface area (TPSA) is 88.2 Å². The molecule has 112 valence electrons. The van der Waals surface area contributed by atoms with E-state index >= 15 is 0 Å². The highest BCUT2D eigenvalue weighted by atomic mass is 79.9. The first-order valence-electron chi connectivity index (χ1n) is 5.89. The number of rotatable bonds is 5. The number of amides is 1. The van der Waals surface area contributed by atoms with Crippen LogP contribution in [0.5, 0.6) is 0 Å². The quantitative estimate of drug-likeness (QED) is 0.826. The standard InChI is InChI=1S/C12H18BrN3O3S/c1-12(2,20(4,18)19)7-16-11(17)9-5-8(13)6-15-10(9)14-3/h5-6H,7H2,1-4H3,(H,14,15)(H,16,17). The number of pyridine rings is 1. The van der Waals surface area contributed by atoms with Gasteiger partial charge in [0.05, 0.1) is 10.3 Å². The van der Waals surface area contributed by atoms with E-state index in [1.807, 2.05) is 0 Å². The van der Waals surface area contributed by atoms with Crippen LogP contribution in [0, 0.1) is 0 Å². The summed E-state index contributed by atoms with van der Waals surface area (Å²) in [5, 5.41) is 5.45. The summed E-state index contributed by atoms with van der Waals surface area (Å²) in [6, 6.07) is 1.63. The molecule has 0 fully saturated rings. The third-order valence-corrected chi connectivity index (χ3v) is 5.60. The van der Waals surface area contributed by atoms with Crippen molar-refractivity contribution >= 4 is 37.5 Å². The third kappa shape index (κ3) is 3.92. The molecule has 0 saturated carbocycles. The van der Waals surface area contributed by atoms with Crippen molar-refractivity contribution in [3.8, 4) is 0 Å². The van der Waals surface area contributed by atoms with Crippen LogP contribution in [0.1, 0.15) is 24.2 Å². The minimum Gasteiger partial charge on any atom is -0.372 e. The van der Waals surface area contributed by atoms with Gasteiger partial charge in [-0.3, -0.25) is 4.79 Å². The lowest BCUT2D eigenvalue weighted by atomic mass is 10.2. The molecule has 1 rings (SSSR count). The predicted octanol–water partition coefficient (Wildman–Crippen LogP) is 1.44. The fourth-order valence-electron chi connectivity index (χ4n) is 1.33. The molecular formula is C12H18BrN3O3S. The number of halogens is 1. The second-order valence-corrected chi connectivity index (χ2v) is 8.58. The lowest BCUT2D eigenvalue weighted by Crippen LogP contribution is -2.43. The Kier molecular flexibility index (Phi) is 5.15. The van der Waals surface area contributed by atoms with Gasteiger partial charge in [0, 0.05) is 30.5 Å². The fourth-order valence-corrected chi connectivity index (χ4v) is 2.00. The van der Waals surface area contributed by atoms with Crippen molar-refractivity contribution in [3.63, 3.8) is 0 Å². The molecule has 0 aliphatic rings. The van der Waals surface area contributed by atoms with E-state index in [2.05, 4.69) is 31.5 Å². The van der Waals surface area contributed by atoms with Gasteiger partial charge in [-0.25, -0.2) is 13.4 Å². The summed E-state index contributed by atoms with van der Waals surface area (Å²) in [7, 11) is -1.60. The first-order chi connectivity index (χ1) is 9.08. The van der Waals surface area contributed by atoms with E-state index in [-0.39, 0.29) is 12.5 Å². The Morgan fingerprint density at radius 2 is 2.05 bits per heavy atom. The highest BCUT2D eigenvalue weighted by molar-refractivity contribution is 9.10. The van der Waals surface area contributed by atoms with Crippen molar-refractivity contribution in [1.82, 2.24) is 10.3 Å². The molecule has 0 aliphatic carbocycles. The Hall–Kier alpha value is -1.15. The summed E-state index contributed by atoms with van der Waals surface area (Å²) in [6.07, 6.45) is 2.72. The number of hydrogen-bond donors (Lipinski definition) is 2. The molecule has 0 aromatic carbocycles. The number of sulfone groups is 1. The molecule has 0 saturated heterocycles. The number of carbonyl (C=O) groups is 1. The average molecular weight is 364 g/mol. The number of anilines is 1. The van der Waals surface area contributed by atoms with Gasteiger partial charge in [-0.1, -0.05) is 0 Å². The Morgan fingerprint density at radius 1 is 1.45 bits per heavy atom. The van der Waals surface area contributed by atoms with Gasteiger partial charge < -0.3 is 10.6 Å². The molecule has 0 unspecified atom stereocenters. The van der Waals surface area contributed by atoms with Crippen LogP contribution in [0.25, 0.3) is 0 Å². The molecule has 1 aromatic rings. The van der Waals surface area contributed by atoms with Crippen LogP contribution in [0.15, 0.2) is 16.7 Å². The van der Waals surface area contributed by atoms with E-state index < -0.39 is 14.6 Å². The van der Waals surface area contributed by atoms with E-state index in [4.69, 9.17) is 0 Å². The SMILES string of the molecule is CNc1ncc(Br)cc1C(=O)NCC(C)(C)S(C)(=O)=O. The summed E-state index contributed by atoms with van der Waals surface area (Å²) in [5.41, 5.74) is 0.353. The zero-order chi connectivity index (χ0) is 15.6. The molecule has 1 amide bonds. The Labute approximate surface area is 127 Å². The average Bonchev–Trinajstić information content (AvgIpc) is 2.34. The van der Waals surface area contributed by atoms with E-state index in [1.165, 1.54) is 0 Å². The minimum absolute atomic E-state index is 0.0281. The zero-order valence-electron chi connectivity index (χ0n) is 11.8. The molecule has 0 bridgehead atoms. The Morgan fingerprint density at radius 3 is 2.55 bits per heavy atom. The summed E-state index contributed by atoms with van der Waals surface area (Å²) in [4.78, 5) is 16.2. The molecule has 0 spiro atoms. The lowest BCUT2D eigenvalue weighted by molar-refractivity contribution is 0.0951.